The van der Waals surface area contributed by atoms with Gasteiger partial charge in [-0.05, 0) is 42.8 Å². The summed E-state index contributed by atoms with van der Waals surface area (Å²) < 4.78 is 37.6. The van der Waals surface area contributed by atoms with Gasteiger partial charge in [0.2, 0.25) is 0 Å². The van der Waals surface area contributed by atoms with E-state index in [2.05, 4.69) is 4.72 Å². The largest absolute Gasteiger partial charge is 0.497 e. The summed E-state index contributed by atoms with van der Waals surface area (Å²) in [6.45, 7) is 1.77. The smallest absolute Gasteiger partial charge is 0.261 e. The van der Waals surface area contributed by atoms with E-state index in [1.54, 1.807) is 25.1 Å². The second kappa shape index (κ2) is 6.46. The summed E-state index contributed by atoms with van der Waals surface area (Å²) in [5.41, 5.74) is 0.983. The Hall–Kier alpha value is -1.92. The van der Waals surface area contributed by atoms with Gasteiger partial charge >= 0.3 is 0 Å². The zero-order valence-electron chi connectivity index (χ0n) is 12.4. The molecule has 0 atom stereocenters. The van der Waals surface area contributed by atoms with Crippen LogP contribution in [0.15, 0.2) is 41.3 Å². The highest BCUT2D eigenvalue weighted by molar-refractivity contribution is 7.92. The molecule has 0 fully saturated rings. The fourth-order valence-electron chi connectivity index (χ4n) is 1.93. The van der Waals surface area contributed by atoms with Crippen molar-refractivity contribution in [3.8, 4) is 11.5 Å². The van der Waals surface area contributed by atoms with Gasteiger partial charge in [0.25, 0.3) is 10.0 Å². The molecule has 2 aromatic carbocycles. The highest BCUT2D eigenvalue weighted by Crippen LogP contribution is 2.29. The normalized spacial score (nSPS) is 11.1. The van der Waals surface area contributed by atoms with Gasteiger partial charge in [-0.25, -0.2) is 8.42 Å². The molecule has 0 saturated carbocycles. The maximum absolute atomic E-state index is 12.5. The van der Waals surface area contributed by atoms with E-state index in [4.69, 9.17) is 21.1 Å². The zero-order chi connectivity index (χ0) is 16.3. The lowest BCUT2D eigenvalue weighted by Gasteiger charge is -2.12. The molecule has 7 heteroatoms. The fourth-order valence-corrected chi connectivity index (χ4v) is 3.31. The molecule has 0 amide bonds. The zero-order valence-corrected chi connectivity index (χ0v) is 14.0. The summed E-state index contributed by atoms with van der Waals surface area (Å²) in [5, 5.41) is 0.287. The van der Waals surface area contributed by atoms with Crippen molar-refractivity contribution in [1.29, 1.82) is 0 Å². The van der Waals surface area contributed by atoms with Crippen LogP contribution < -0.4 is 14.2 Å². The van der Waals surface area contributed by atoms with E-state index < -0.39 is 10.0 Å². The Morgan fingerprint density at radius 3 is 2.36 bits per heavy atom. The fraction of sp³-hybridized carbons (Fsp3) is 0.200. The van der Waals surface area contributed by atoms with Crippen LogP contribution in [0.3, 0.4) is 0 Å². The summed E-state index contributed by atoms with van der Waals surface area (Å²) in [6.07, 6.45) is 0. The minimum Gasteiger partial charge on any atom is -0.497 e. The number of anilines is 1. The lowest BCUT2D eigenvalue weighted by Crippen LogP contribution is -2.13. The van der Waals surface area contributed by atoms with Gasteiger partial charge in [-0.1, -0.05) is 11.6 Å². The molecule has 0 heterocycles. The van der Waals surface area contributed by atoms with Crippen LogP contribution in [0, 0.1) is 6.92 Å². The Labute approximate surface area is 134 Å². The van der Waals surface area contributed by atoms with E-state index in [1.807, 2.05) is 0 Å². The standard InChI is InChI=1S/C15H16ClNO4S/c1-10-8-12(5-7-15(10)21-3)22(18,19)17-14-9-11(20-2)4-6-13(14)16/h4-9,17H,1-3H3. The van der Waals surface area contributed by atoms with Crippen LogP contribution in [0.5, 0.6) is 11.5 Å². The monoisotopic (exact) mass is 341 g/mol. The highest BCUT2D eigenvalue weighted by atomic mass is 35.5. The maximum atomic E-state index is 12.5. The third-order valence-electron chi connectivity index (χ3n) is 3.09. The molecule has 0 aliphatic heterocycles. The molecule has 118 valence electrons. The van der Waals surface area contributed by atoms with Crippen molar-refractivity contribution < 1.29 is 17.9 Å². The molecule has 0 aliphatic rings. The first kappa shape index (κ1) is 16.5. The van der Waals surface area contributed by atoms with Crippen molar-refractivity contribution in [3.05, 3.63) is 47.0 Å². The van der Waals surface area contributed by atoms with Crippen molar-refractivity contribution in [1.82, 2.24) is 0 Å². The van der Waals surface area contributed by atoms with Crippen molar-refractivity contribution >= 4 is 27.3 Å². The van der Waals surface area contributed by atoms with Crippen LogP contribution in [-0.4, -0.2) is 22.6 Å². The molecular weight excluding hydrogens is 326 g/mol. The first-order valence-corrected chi connectivity index (χ1v) is 8.24. The van der Waals surface area contributed by atoms with Crippen LogP contribution in [-0.2, 0) is 10.0 Å². The van der Waals surface area contributed by atoms with Crippen LogP contribution in [0.1, 0.15) is 5.56 Å². The van der Waals surface area contributed by atoms with Gasteiger partial charge in [-0.2, -0.15) is 0 Å². The Bertz CT molecular complexity index is 790. The number of rotatable bonds is 5. The molecule has 0 spiro atoms. The molecule has 1 N–H and O–H groups in total. The van der Waals surface area contributed by atoms with Gasteiger partial charge in [-0.3, -0.25) is 4.72 Å². The molecular formula is C15H16ClNO4S. The quantitative estimate of drug-likeness (QED) is 0.904. The minimum atomic E-state index is -3.75. The Morgan fingerprint density at radius 2 is 1.77 bits per heavy atom. The van der Waals surface area contributed by atoms with Crippen LogP contribution in [0.25, 0.3) is 0 Å². The van der Waals surface area contributed by atoms with E-state index in [-0.39, 0.29) is 15.6 Å². The van der Waals surface area contributed by atoms with Gasteiger partial charge in [-0.15, -0.1) is 0 Å². The number of sulfonamides is 1. The molecule has 0 unspecified atom stereocenters. The van der Waals surface area contributed by atoms with E-state index >= 15 is 0 Å². The minimum absolute atomic E-state index is 0.129. The first-order valence-electron chi connectivity index (χ1n) is 6.38. The van der Waals surface area contributed by atoms with E-state index in [1.165, 1.54) is 32.4 Å². The van der Waals surface area contributed by atoms with Crippen molar-refractivity contribution in [3.63, 3.8) is 0 Å². The molecule has 2 rings (SSSR count). The predicted octanol–water partition coefficient (Wildman–Crippen LogP) is 3.47. The second-order valence-corrected chi connectivity index (χ2v) is 6.67. The topological polar surface area (TPSA) is 64.6 Å². The van der Waals surface area contributed by atoms with Gasteiger partial charge in [0.15, 0.2) is 0 Å². The lowest BCUT2D eigenvalue weighted by atomic mass is 10.2. The Morgan fingerprint density at radius 1 is 1.05 bits per heavy atom. The number of benzene rings is 2. The SMILES string of the molecule is COc1ccc(Cl)c(NS(=O)(=O)c2ccc(OC)c(C)c2)c1. The second-order valence-electron chi connectivity index (χ2n) is 4.58. The summed E-state index contributed by atoms with van der Waals surface area (Å²) in [5.74, 6) is 1.13. The summed E-state index contributed by atoms with van der Waals surface area (Å²) >= 11 is 6.02. The summed E-state index contributed by atoms with van der Waals surface area (Å²) in [4.78, 5) is 0.129. The molecule has 5 nitrogen and oxygen atoms in total. The average molecular weight is 342 g/mol. The Kier molecular flexibility index (Phi) is 4.83. The molecule has 0 radical (unpaired) electrons. The maximum Gasteiger partial charge on any atom is 0.261 e. The number of nitrogens with one attached hydrogen (secondary N) is 1. The van der Waals surface area contributed by atoms with Crippen LogP contribution in [0.2, 0.25) is 5.02 Å². The Balaban J connectivity index is 2.37. The number of hydrogen-bond acceptors (Lipinski definition) is 4. The summed E-state index contributed by atoms with van der Waals surface area (Å²) in [6, 6.07) is 9.36. The average Bonchev–Trinajstić information content (AvgIpc) is 2.49. The lowest BCUT2D eigenvalue weighted by molar-refractivity contribution is 0.411. The number of methoxy groups -OCH3 is 2. The number of aryl methyl sites for hydroxylation is 1. The molecule has 0 saturated heterocycles. The highest BCUT2D eigenvalue weighted by Gasteiger charge is 2.17. The van der Waals surface area contributed by atoms with Gasteiger partial charge in [0, 0.05) is 6.07 Å². The third kappa shape index (κ3) is 3.45. The molecule has 0 aromatic heterocycles. The van der Waals surface area contributed by atoms with Crippen molar-refractivity contribution in [2.24, 2.45) is 0 Å². The molecule has 22 heavy (non-hydrogen) atoms. The summed E-state index contributed by atoms with van der Waals surface area (Å²) in [7, 11) is -0.727. The van der Waals surface area contributed by atoms with Crippen molar-refractivity contribution in [2.75, 3.05) is 18.9 Å². The van der Waals surface area contributed by atoms with Crippen molar-refractivity contribution in [2.45, 2.75) is 11.8 Å². The number of ether oxygens (including phenoxy) is 2. The van der Waals surface area contributed by atoms with E-state index in [9.17, 15) is 8.42 Å². The van der Waals surface area contributed by atoms with Gasteiger partial charge < -0.3 is 9.47 Å². The van der Waals surface area contributed by atoms with E-state index in [0.29, 0.717) is 11.5 Å². The van der Waals surface area contributed by atoms with E-state index in [0.717, 1.165) is 5.56 Å². The van der Waals surface area contributed by atoms with Gasteiger partial charge in [0.05, 0.1) is 29.8 Å². The van der Waals surface area contributed by atoms with Crippen LogP contribution >= 0.6 is 11.6 Å². The predicted molar refractivity (Wildman–Crippen MR) is 86.5 cm³/mol. The molecule has 2 aromatic rings. The first-order chi connectivity index (χ1) is 10.4. The number of halogens is 1. The van der Waals surface area contributed by atoms with Crippen LogP contribution in [0.4, 0.5) is 5.69 Å². The molecule has 0 bridgehead atoms. The van der Waals surface area contributed by atoms with Gasteiger partial charge in [0.1, 0.15) is 11.5 Å². The number of hydrogen-bond donors (Lipinski definition) is 1. The third-order valence-corrected chi connectivity index (χ3v) is 4.79. The molecule has 0 aliphatic carbocycles.